The molecular formula is C14H23N3O2. The fourth-order valence-electron chi connectivity index (χ4n) is 1.67. The molecule has 1 aliphatic carbocycles. The first kappa shape index (κ1) is 15.5. The quantitative estimate of drug-likeness (QED) is 0.634. The molecule has 1 fully saturated rings. The highest BCUT2D eigenvalue weighted by Gasteiger charge is 2.26. The van der Waals surface area contributed by atoms with Gasteiger partial charge in [0.15, 0.2) is 0 Å². The molecule has 0 saturated heterocycles. The van der Waals surface area contributed by atoms with Crippen molar-refractivity contribution in [1.82, 2.24) is 10.2 Å². The smallest absolute Gasteiger partial charge is 0.242 e. The molecule has 0 spiro atoms. The molecule has 5 heteroatoms. The largest absolute Gasteiger partial charge is 0.346 e. The van der Waals surface area contributed by atoms with Gasteiger partial charge < -0.3 is 16.0 Å². The highest BCUT2D eigenvalue weighted by Crippen LogP contribution is 2.29. The monoisotopic (exact) mass is 265 g/mol. The number of nitrogens with two attached hydrogens (primary N) is 1. The number of hydrogen-bond acceptors (Lipinski definition) is 3. The Kier molecular flexibility index (Phi) is 5.84. The Morgan fingerprint density at radius 2 is 2.11 bits per heavy atom. The van der Waals surface area contributed by atoms with Crippen LogP contribution < -0.4 is 11.1 Å². The van der Waals surface area contributed by atoms with E-state index < -0.39 is 6.04 Å². The number of hydrogen-bond donors (Lipinski definition) is 2. The van der Waals surface area contributed by atoms with Crippen LogP contribution >= 0.6 is 0 Å². The number of nitrogens with zero attached hydrogens (tertiary/aromatic N) is 1. The first-order chi connectivity index (χ1) is 8.95. The van der Waals surface area contributed by atoms with E-state index in [1.165, 1.54) is 0 Å². The number of nitrogens with one attached hydrogen (secondary N) is 1. The molecule has 3 N–H and O–H groups in total. The summed E-state index contributed by atoms with van der Waals surface area (Å²) >= 11 is 0. The van der Waals surface area contributed by atoms with Crippen LogP contribution in [0.3, 0.4) is 0 Å². The zero-order chi connectivity index (χ0) is 14.4. The van der Waals surface area contributed by atoms with Crippen LogP contribution in [-0.2, 0) is 9.59 Å². The van der Waals surface area contributed by atoms with Crippen LogP contribution in [0.1, 0.15) is 26.7 Å². The Balaban J connectivity index is 2.39. The summed E-state index contributed by atoms with van der Waals surface area (Å²) in [5, 5.41) is 2.57. The van der Waals surface area contributed by atoms with Gasteiger partial charge in [0.2, 0.25) is 11.8 Å². The van der Waals surface area contributed by atoms with Crippen molar-refractivity contribution >= 4 is 11.8 Å². The minimum absolute atomic E-state index is 0.0341. The number of carbonyl (C=O) groups excluding carboxylic acids is 2. The van der Waals surface area contributed by atoms with Crippen molar-refractivity contribution in [2.24, 2.45) is 17.6 Å². The normalized spacial score (nSPS) is 15.7. The molecule has 106 valence electrons. The molecule has 0 heterocycles. The molecule has 0 aromatic rings. The molecule has 0 radical (unpaired) electrons. The molecule has 0 aromatic carbocycles. The Bertz CT molecular complexity index is 369. The van der Waals surface area contributed by atoms with Gasteiger partial charge in [-0.25, -0.2) is 0 Å². The maximum atomic E-state index is 12.0. The van der Waals surface area contributed by atoms with Crippen molar-refractivity contribution in [2.75, 3.05) is 19.6 Å². The van der Waals surface area contributed by atoms with Crippen LogP contribution in [0.25, 0.3) is 0 Å². The highest BCUT2D eigenvalue weighted by atomic mass is 16.2. The standard InChI is InChI=1S/C14H23N3O2/c1-4-7-17(9-11-5-6-11)12(18)8-16-14(19)13(15)10(2)3/h1,10-11,13H,5-9,15H2,2-3H3,(H,16,19)/t13-/m0/s1. The van der Waals surface area contributed by atoms with Gasteiger partial charge in [-0.15, -0.1) is 6.42 Å². The van der Waals surface area contributed by atoms with Crippen LogP contribution in [0.4, 0.5) is 0 Å². The van der Waals surface area contributed by atoms with Crippen LogP contribution in [0.5, 0.6) is 0 Å². The third kappa shape index (κ3) is 5.31. The average molecular weight is 265 g/mol. The lowest BCUT2D eigenvalue weighted by Gasteiger charge is -2.21. The van der Waals surface area contributed by atoms with E-state index in [0.717, 1.165) is 12.8 Å². The fourth-order valence-corrected chi connectivity index (χ4v) is 1.67. The molecule has 0 aromatic heterocycles. The van der Waals surface area contributed by atoms with E-state index in [1.54, 1.807) is 4.90 Å². The molecule has 1 saturated carbocycles. The molecule has 1 atom stereocenters. The SMILES string of the molecule is C#CCN(CC1CC1)C(=O)CNC(=O)[C@@H](N)C(C)C. The second kappa shape index (κ2) is 7.15. The van der Waals surface area contributed by atoms with Crippen molar-refractivity contribution in [3.8, 4) is 12.3 Å². The number of rotatable bonds is 7. The molecule has 5 nitrogen and oxygen atoms in total. The molecule has 0 unspecified atom stereocenters. The van der Waals surface area contributed by atoms with Crippen LogP contribution in [0.2, 0.25) is 0 Å². The summed E-state index contributed by atoms with van der Waals surface area (Å²) in [6, 6.07) is -0.586. The lowest BCUT2D eigenvalue weighted by atomic mass is 10.1. The van der Waals surface area contributed by atoms with Crippen molar-refractivity contribution in [2.45, 2.75) is 32.7 Å². The zero-order valence-electron chi connectivity index (χ0n) is 11.7. The van der Waals surface area contributed by atoms with Crippen LogP contribution in [-0.4, -0.2) is 42.4 Å². The van der Waals surface area contributed by atoms with Gasteiger partial charge in [0.05, 0.1) is 19.1 Å². The van der Waals surface area contributed by atoms with Gasteiger partial charge in [0.25, 0.3) is 0 Å². The zero-order valence-corrected chi connectivity index (χ0v) is 11.7. The molecule has 1 rings (SSSR count). The Labute approximate surface area is 114 Å². The van der Waals surface area contributed by atoms with Gasteiger partial charge >= 0.3 is 0 Å². The second-order valence-electron chi connectivity index (χ2n) is 5.41. The topological polar surface area (TPSA) is 75.4 Å². The van der Waals surface area contributed by atoms with Gasteiger partial charge in [-0.2, -0.15) is 0 Å². The number of carbonyl (C=O) groups is 2. The average Bonchev–Trinajstić information content (AvgIpc) is 3.17. The number of amides is 2. The summed E-state index contributed by atoms with van der Waals surface area (Å²) in [6.45, 7) is 4.68. The summed E-state index contributed by atoms with van der Waals surface area (Å²) in [5.41, 5.74) is 5.70. The van der Waals surface area contributed by atoms with E-state index in [0.29, 0.717) is 19.0 Å². The van der Waals surface area contributed by atoms with Crippen molar-refractivity contribution in [1.29, 1.82) is 0 Å². The molecule has 2 amide bonds. The summed E-state index contributed by atoms with van der Waals surface area (Å²) in [7, 11) is 0. The van der Waals surface area contributed by atoms with Crippen molar-refractivity contribution in [3.05, 3.63) is 0 Å². The first-order valence-corrected chi connectivity index (χ1v) is 6.70. The maximum Gasteiger partial charge on any atom is 0.242 e. The predicted octanol–water partition coefficient (Wildman–Crippen LogP) is -0.0423. The van der Waals surface area contributed by atoms with Crippen molar-refractivity contribution in [3.63, 3.8) is 0 Å². The molecule has 1 aliphatic rings. The van der Waals surface area contributed by atoms with E-state index in [2.05, 4.69) is 11.2 Å². The Morgan fingerprint density at radius 3 is 2.58 bits per heavy atom. The third-order valence-electron chi connectivity index (χ3n) is 3.25. The van der Waals surface area contributed by atoms with Gasteiger partial charge in [-0.05, 0) is 24.7 Å². The first-order valence-electron chi connectivity index (χ1n) is 6.70. The third-order valence-corrected chi connectivity index (χ3v) is 3.25. The summed E-state index contributed by atoms with van der Waals surface area (Å²) < 4.78 is 0. The fraction of sp³-hybridized carbons (Fsp3) is 0.714. The van der Waals surface area contributed by atoms with Crippen LogP contribution in [0, 0.1) is 24.2 Å². The highest BCUT2D eigenvalue weighted by molar-refractivity contribution is 5.87. The molecular weight excluding hydrogens is 242 g/mol. The van der Waals surface area contributed by atoms with Crippen molar-refractivity contribution < 1.29 is 9.59 Å². The Morgan fingerprint density at radius 1 is 1.47 bits per heavy atom. The van der Waals surface area contributed by atoms with E-state index in [4.69, 9.17) is 12.2 Å². The maximum absolute atomic E-state index is 12.0. The molecule has 19 heavy (non-hydrogen) atoms. The van der Waals surface area contributed by atoms with Crippen LogP contribution in [0.15, 0.2) is 0 Å². The second-order valence-corrected chi connectivity index (χ2v) is 5.41. The minimum atomic E-state index is -0.586. The Hall–Kier alpha value is -1.54. The minimum Gasteiger partial charge on any atom is -0.346 e. The van der Waals surface area contributed by atoms with Gasteiger partial charge in [-0.3, -0.25) is 9.59 Å². The van der Waals surface area contributed by atoms with E-state index >= 15 is 0 Å². The number of terminal acetylenes is 1. The summed E-state index contributed by atoms with van der Waals surface area (Å²) in [5.74, 6) is 2.66. The molecule has 0 bridgehead atoms. The summed E-state index contributed by atoms with van der Waals surface area (Å²) in [6.07, 6.45) is 7.56. The molecule has 0 aliphatic heterocycles. The van der Waals surface area contributed by atoms with Gasteiger partial charge in [0, 0.05) is 6.54 Å². The summed E-state index contributed by atoms with van der Waals surface area (Å²) in [4.78, 5) is 25.2. The van der Waals surface area contributed by atoms with Gasteiger partial charge in [0.1, 0.15) is 0 Å². The van der Waals surface area contributed by atoms with E-state index in [9.17, 15) is 9.59 Å². The lowest BCUT2D eigenvalue weighted by Crippen LogP contribution is -2.48. The predicted molar refractivity (Wildman–Crippen MR) is 74.0 cm³/mol. The van der Waals surface area contributed by atoms with Gasteiger partial charge in [-0.1, -0.05) is 19.8 Å². The van der Waals surface area contributed by atoms with E-state index in [1.807, 2.05) is 13.8 Å². The lowest BCUT2D eigenvalue weighted by molar-refractivity contribution is -0.133. The van der Waals surface area contributed by atoms with E-state index in [-0.39, 0.29) is 24.3 Å².